The van der Waals surface area contributed by atoms with Crippen molar-refractivity contribution >= 4 is 29.7 Å². The lowest BCUT2D eigenvalue weighted by Gasteiger charge is -2.17. The Bertz CT molecular complexity index is 528. The molecule has 0 saturated carbocycles. The molecule has 10 heteroatoms. The van der Waals surface area contributed by atoms with E-state index in [-0.39, 0.29) is 6.42 Å². The highest BCUT2D eigenvalue weighted by molar-refractivity contribution is 5.88. The van der Waals surface area contributed by atoms with E-state index in [0.29, 0.717) is 13.0 Å². The summed E-state index contributed by atoms with van der Waals surface area (Å²) in [4.78, 5) is 56.7. The van der Waals surface area contributed by atoms with Crippen molar-refractivity contribution in [2.45, 2.75) is 58.2 Å². The SMILES string of the molecule is COCCCCCC(=O)OCC(=O)OC(C)C(=O)OC(CC(=O)O)C(C)=O. The van der Waals surface area contributed by atoms with Crippen molar-refractivity contribution in [2.24, 2.45) is 0 Å². The molecule has 0 radical (unpaired) electrons. The number of carbonyl (C=O) groups is 5. The molecule has 0 aromatic rings. The van der Waals surface area contributed by atoms with Crippen LogP contribution < -0.4 is 0 Å². The third-order valence-corrected chi connectivity index (χ3v) is 3.29. The number of esters is 3. The molecule has 0 aliphatic heterocycles. The van der Waals surface area contributed by atoms with Crippen LogP contribution in [-0.2, 0) is 42.9 Å². The Hall–Kier alpha value is -2.49. The fraction of sp³-hybridized carbons (Fsp3) is 0.706. The molecule has 0 aliphatic carbocycles. The Kier molecular flexibility index (Phi) is 12.4. The molecule has 2 unspecified atom stereocenters. The normalized spacial score (nSPS) is 12.6. The van der Waals surface area contributed by atoms with E-state index in [1.807, 2.05) is 0 Å². The van der Waals surface area contributed by atoms with E-state index >= 15 is 0 Å². The second kappa shape index (κ2) is 13.7. The van der Waals surface area contributed by atoms with Gasteiger partial charge in [0.05, 0.1) is 6.42 Å². The van der Waals surface area contributed by atoms with Crippen molar-refractivity contribution in [3.05, 3.63) is 0 Å². The fourth-order valence-corrected chi connectivity index (χ4v) is 1.85. The number of hydrogen-bond acceptors (Lipinski definition) is 9. The minimum absolute atomic E-state index is 0.143. The predicted molar refractivity (Wildman–Crippen MR) is 89.7 cm³/mol. The number of Topliss-reactive ketones (excluding diaryl/α,β-unsaturated/α-hetero) is 1. The minimum atomic E-state index is -1.47. The highest BCUT2D eigenvalue weighted by atomic mass is 16.6. The molecular formula is C17H26O10. The van der Waals surface area contributed by atoms with Gasteiger partial charge in [-0.1, -0.05) is 6.42 Å². The van der Waals surface area contributed by atoms with Crippen LogP contribution in [0.5, 0.6) is 0 Å². The van der Waals surface area contributed by atoms with Crippen molar-refractivity contribution in [1.29, 1.82) is 0 Å². The van der Waals surface area contributed by atoms with Crippen LogP contribution in [0.3, 0.4) is 0 Å². The van der Waals surface area contributed by atoms with Crippen LogP contribution in [0, 0.1) is 0 Å². The number of unbranched alkanes of at least 4 members (excludes halogenated alkanes) is 2. The summed E-state index contributed by atoms with van der Waals surface area (Å²) in [5.74, 6) is -4.58. The van der Waals surface area contributed by atoms with Crippen molar-refractivity contribution in [3.8, 4) is 0 Å². The first kappa shape index (κ1) is 24.5. The lowest BCUT2D eigenvalue weighted by Crippen LogP contribution is -2.35. The van der Waals surface area contributed by atoms with Crippen molar-refractivity contribution in [1.82, 2.24) is 0 Å². The Morgan fingerprint density at radius 2 is 1.63 bits per heavy atom. The zero-order valence-corrected chi connectivity index (χ0v) is 15.7. The molecule has 0 saturated heterocycles. The first-order valence-corrected chi connectivity index (χ1v) is 8.44. The van der Waals surface area contributed by atoms with Gasteiger partial charge in [0, 0.05) is 20.1 Å². The molecule has 0 fully saturated rings. The van der Waals surface area contributed by atoms with Crippen LogP contribution in [0.4, 0.5) is 0 Å². The van der Waals surface area contributed by atoms with Gasteiger partial charge in [0.15, 0.2) is 24.6 Å². The molecule has 0 rings (SSSR count). The van der Waals surface area contributed by atoms with Crippen molar-refractivity contribution in [2.75, 3.05) is 20.3 Å². The minimum Gasteiger partial charge on any atom is -0.481 e. The molecule has 2 atom stereocenters. The van der Waals surface area contributed by atoms with E-state index in [1.54, 1.807) is 7.11 Å². The number of aliphatic carboxylic acids is 1. The van der Waals surface area contributed by atoms with E-state index in [1.165, 1.54) is 6.92 Å². The van der Waals surface area contributed by atoms with E-state index in [2.05, 4.69) is 0 Å². The zero-order valence-electron chi connectivity index (χ0n) is 15.7. The van der Waals surface area contributed by atoms with Gasteiger partial charge < -0.3 is 24.1 Å². The van der Waals surface area contributed by atoms with Crippen LogP contribution in [0.25, 0.3) is 0 Å². The fourth-order valence-electron chi connectivity index (χ4n) is 1.85. The van der Waals surface area contributed by atoms with Gasteiger partial charge in [0.1, 0.15) is 0 Å². The average molecular weight is 390 g/mol. The first-order valence-electron chi connectivity index (χ1n) is 8.44. The Balaban J connectivity index is 4.18. The monoisotopic (exact) mass is 390 g/mol. The highest BCUT2D eigenvalue weighted by Crippen LogP contribution is 2.06. The van der Waals surface area contributed by atoms with Crippen LogP contribution >= 0.6 is 0 Å². The molecule has 0 amide bonds. The smallest absolute Gasteiger partial charge is 0.347 e. The molecule has 1 N–H and O–H groups in total. The molecule has 10 nitrogen and oxygen atoms in total. The van der Waals surface area contributed by atoms with Gasteiger partial charge in [-0.25, -0.2) is 9.59 Å². The Morgan fingerprint density at radius 1 is 0.963 bits per heavy atom. The number of carboxylic acid groups (broad SMARTS) is 1. The van der Waals surface area contributed by atoms with E-state index in [4.69, 9.17) is 24.1 Å². The zero-order chi connectivity index (χ0) is 20.8. The second-order valence-electron chi connectivity index (χ2n) is 5.73. The summed E-state index contributed by atoms with van der Waals surface area (Å²) in [6.07, 6.45) is -1.21. The van der Waals surface area contributed by atoms with Crippen LogP contribution in [0.1, 0.15) is 46.0 Å². The van der Waals surface area contributed by atoms with Crippen molar-refractivity contribution in [3.63, 3.8) is 0 Å². The van der Waals surface area contributed by atoms with Gasteiger partial charge in [0.25, 0.3) is 0 Å². The molecule has 0 spiro atoms. The van der Waals surface area contributed by atoms with Gasteiger partial charge in [-0.05, 0) is 26.7 Å². The maximum atomic E-state index is 11.8. The summed E-state index contributed by atoms with van der Waals surface area (Å²) in [5.41, 5.74) is 0. The van der Waals surface area contributed by atoms with Crippen LogP contribution in [-0.4, -0.2) is 67.3 Å². The molecular weight excluding hydrogens is 364 g/mol. The molecule has 0 aromatic heterocycles. The molecule has 0 aliphatic rings. The van der Waals surface area contributed by atoms with Gasteiger partial charge in [-0.2, -0.15) is 0 Å². The largest absolute Gasteiger partial charge is 0.481 e. The molecule has 0 aromatic carbocycles. The molecule has 0 bridgehead atoms. The number of hydrogen-bond donors (Lipinski definition) is 1. The van der Waals surface area contributed by atoms with Crippen LogP contribution in [0.15, 0.2) is 0 Å². The summed E-state index contributed by atoms with van der Waals surface area (Å²) in [5, 5.41) is 8.67. The number of carbonyl (C=O) groups excluding carboxylic acids is 4. The number of ketones is 1. The summed E-state index contributed by atoms with van der Waals surface area (Å²) in [7, 11) is 1.59. The van der Waals surface area contributed by atoms with Gasteiger partial charge in [0.2, 0.25) is 0 Å². The summed E-state index contributed by atoms with van der Waals surface area (Å²) in [6.45, 7) is 2.20. The quantitative estimate of drug-likeness (QED) is 0.255. The maximum absolute atomic E-state index is 11.8. The van der Waals surface area contributed by atoms with Gasteiger partial charge in [-0.3, -0.25) is 14.4 Å². The van der Waals surface area contributed by atoms with Gasteiger partial charge in [-0.15, -0.1) is 0 Å². The average Bonchev–Trinajstić information content (AvgIpc) is 2.58. The predicted octanol–water partition coefficient (Wildman–Crippen LogP) is 0.644. The summed E-state index contributed by atoms with van der Waals surface area (Å²) >= 11 is 0. The lowest BCUT2D eigenvalue weighted by atomic mass is 10.2. The Labute approximate surface area is 157 Å². The van der Waals surface area contributed by atoms with Crippen LogP contribution in [0.2, 0.25) is 0 Å². The number of rotatable bonds is 14. The molecule has 154 valence electrons. The van der Waals surface area contributed by atoms with E-state index in [9.17, 15) is 24.0 Å². The first-order chi connectivity index (χ1) is 12.7. The molecule has 27 heavy (non-hydrogen) atoms. The van der Waals surface area contributed by atoms with E-state index in [0.717, 1.165) is 19.8 Å². The maximum Gasteiger partial charge on any atom is 0.347 e. The third kappa shape index (κ3) is 12.5. The standard InChI is InChI=1S/C17H26O10/c1-11(18)13(9-14(19)20)27-17(23)12(2)26-16(22)10-25-15(21)7-5-4-6-8-24-3/h12-13H,4-10H2,1-3H3,(H,19,20). The number of ether oxygens (including phenoxy) is 4. The third-order valence-electron chi connectivity index (χ3n) is 3.29. The summed E-state index contributed by atoms with van der Waals surface area (Å²) in [6, 6.07) is 0. The molecule has 0 heterocycles. The lowest BCUT2D eigenvalue weighted by molar-refractivity contribution is -0.176. The second-order valence-corrected chi connectivity index (χ2v) is 5.73. The number of methoxy groups -OCH3 is 1. The number of carboxylic acids is 1. The topological polar surface area (TPSA) is 143 Å². The van der Waals surface area contributed by atoms with E-state index < -0.39 is 54.9 Å². The van der Waals surface area contributed by atoms with Crippen molar-refractivity contribution < 1.29 is 48.0 Å². The van der Waals surface area contributed by atoms with Gasteiger partial charge >= 0.3 is 23.9 Å². The highest BCUT2D eigenvalue weighted by Gasteiger charge is 2.27. The summed E-state index contributed by atoms with van der Waals surface area (Å²) < 4.78 is 19.1. The Morgan fingerprint density at radius 3 is 2.19 bits per heavy atom.